The lowest BCUT2D eigenvalue weighted by Crippen LogP contribution is -1.97. The molecule has 13 heavy (non-hydrogen) atoms. The van der Waals surface area contributed by atoms with Gasteiger partial charge in [0.25, 0.3) is 0 Å². The van der Waals surface area contributed by atoms with Crippen molar-refractivity contribution in [3.8, 4) is 5.75 Å². The summed E-state index contributed by atoms with van der Waals surface area (Å²) in [5.41, 5.74) is 0.242. The van der Waals surface area contributed by atoms with Gasteiger partial charge in [-0.15, -0.1) is 0 Å². The van der Waals surface area contributed by atoms with Crippen LogP contribution in [0.5, 0.6) is 5.75 Å². The normalized spacial score (nSPS) is 12.2. The smallest absolute Gasteiger partial charge is 0.184 e. The van der Waals surface area contributed by atoms with E-state index in [1.807, 2.05) is 0 Å². The average Bonchev–Trinajstić information content (AvgIpc) is 2.16. The molecule has 0 aliphatic carbocycles. The van der Waals surface area contributed by atoms with Crippen LogP contribution in [0.1, 0.15) is 11.7 Å². The molecule has 0 heterocycles. The summed E-state index contributed by atoms with van der Waals surface area (Å²) < 4.78 is 18.6. The number of benzene rings is 1. The van der Waals surface area contributed by atoms with Gasteiger partial charge >= 0.3 is 0 Å². The largest absolute Gasteiger partial charge is 0.496 e. The van der Waals surface area contributed by atoms with E-state index in [2.05, 4.69) is 15.9 Å². The fourth-order valence-electron chi connectivity index (χ4n) is 0.994. The fraction of sp³-hybridized carbons (Fsp3) is 0.222. The van der Waals surface area contributed by atoms with Gasteiger partial charge in [0.2, 0.25) is 0 Å². The maximum absolute atomic E-state index is 13.0. The predicted octanol–water partition coefficient (Wildman–Crippen LogP) is 2.67. The second-order valence-electron chi connectivity index (χ2n) is 2.42. The highest BCUT2D eigenvalue weighted by Gasteiger charge is 2.13. The average molecular weight is 247 g/mol. The number of carbonyl (C=O) groups is 1. The summed E-state index contributed by atoms with van der Waals surface area (Å²) in [7, 11) is 1.43. The Kier molecular flexibility index (Phi) is 3.42. The summed E-state index contributed by atoms with van der Waals surface area (Å²) in [4.78, 5) is 10.2. The fourth-order valence-corrected chi connectivity index (χ4v) is 1.37. The van der Waals surface area contributed by atoms with Crippen molar-refractivity contribution in [2.45, 2.75) is 6.17 Å². The number of carbonyl (C=O) groups excluding carboxylic acids is 1. The molecule has 0 radical (unpaired) electrons. The van der Waals surface area contributed by atoms with Gasteiger partial charge in [-0.1, -0.05) is 15.9 Å². The van der Waals surface area contributed by atoms with E-state index in [9.17, 15) is 9.18 Å². The number of methoxy groups -OCH3 is 1. The molecule has 0 aliphatic rings. The Bertz CT molecular complexity index is 314. The standard InChI is InChI=1S/C9H8BrFO2/c1-13-9-3-2-6(10)4-7(9)8(11)5-12/h2-5,8H,1H3. The third-order valence-electron chi connectivity index (χ3n) is 1.61. The van der Waals surface area contributed by atoms with Crippen LogP contribution in [0.25, 0.3) is 0 Å². The first-order chi connectivity index (χ1) is 6.19. The zero-order valence-electron chi connectivity index (χ0n) is 6.96. The van der Waals surface area contributed by atoms with Gasteiger partial charge in [-0.05, 0) is 18.2 Å². The van der Waals surface area contributed by atoms with Crippen LogP contribution in [-0.2, 0) is 4.79 Å². The van der Waals surface area contributed by atoms with Crippen molar-refractivity contribution in [1.29, 1.82) is 0 Å². The Balaban J connectivity index is 3.14. The van der Waals surface area contributed by atoms with Gasteiger partial charge in [-0.2, -0.15) is 0 Å². The maximum Gasteiger partial charge on any atom is 0.184 e. The Hall–Kier alpha value is -0.900. The number of rotatable bonds is 3. The molecule has 1 rings (SSSR count). The van der Waals surface area contributed by atoms with Crippen molar-refractivity contribution >= 4 is 22.2 Å². The summed E-state index contributed by atoms with van der Waals surface area (Å²) in [5, 5.41) is 0. The van der Waals surface area contributed by atoms with Gasteiger partial charge in [0.05, 0.1) is 7.11 Å². The van der Waals surface area contributed by atoms with E-state index in [-0.39, 0.29) is 11.8 Å². The van der Waals surface area contributed by atoms with Crippen molar-refractivity contribution < 1.29 is 13.9 Å². The molecule has 0 N–H and O–H groups in total. The predicted molar refractivity (Wildman–Crippen MR) is 50.6 cm³/mol. The molecule has 1 unspecified atom stereocenters. The van der Waals surface area contributed by atoms with Crippen LogP contribution in [0.4, 0.5) is 4.39 Å². The Labute approximate surface area is 83.8 Å². The first kappa shape index (κ1) is 10.2. The first-order valence-corrected chi connectivity index (χ1v) is 4.41. The highest BCUT2D eigenvalue weighted by molar-refractivity contribution is 9.10. The van der Waals surface area contributed by atoms with Crippen LogP contribution in [-0.4, -0.2) is 13.4 Å². The van der Waals surface area contributed by atoms with Gasteiger partial charge in [-0.25, -0.2) is 4.39 Å². The van der Waals surface area contributed by atoms with Crippen LogP contribution in [0.3, 0.4) is 0 Å². The molecule has 1 atom stereocenters. The summed E-state index contributed by atoms with van der Waals surface area (Å²) >= 11 is 3.18. The summed E-state index contributed by atoms with van der Waals surface area (Å²) in [5.74, 6) is 0.378. The first-order valence-electron chi connectivity index (χ1n) is 3.62. The number of halogens is 2. The number of hydrogen-bond donors (Lipinski definition) is 0. The summed E-state index contributed by atoms with van der Waals surface area (Å²) in [6, 6.07) is 4.85. The van der Waals surface area contributed by atoms with Crippen LogP contribution < -0.4 is 4.74 Å². The van der Waals surface area contributed by atoms with E-state index in [1.165, 1.54) is 13.2 Å². The van der Waals surface area contributed by atoms with Gasteiger partial charge in [0.15, 0.2) is 12.5 Å². The molecule has 4 heteroatoms. The molecule has 0 aromatic heterocycles. The third-order valence-corrected chi connectivity index (χ3v) is 2.10. The lowest BCUT2D eigenvalue weighted by Gasteiger charge is -2.08. The zero-order chi connectivity index (χ0) is 9.84. The van der Waals surface area contributed by atoms with E-state index >= 15 is 0 Å². The Morgan fingerprint density at radius 3 is 2.85 bits per heavy atom. The Morgan fingerprint density at radius 1 is 1.62 bits per heavy atom. The van der Waals surface area contributed by atoms with E-state index in [1.54, 1.807) is 12.1 Å². The highest BCUT2D eigenvalue weighted by Crippen LogP contribution is 2.29. The third kappa shape index (κ3) is 2.28. The van der Waals surface area contributed by atoms with Crippen molar-refractivity contribution in [2.24, 2.45) is 0 Å². The van der Waals surface area contributed by atoms with Crippen LogP contribution in [0.15, 0.2) is 22.7 Å². The number of hydrogen-bond acceptors (Lipinski definition) is 2. The lowest BCUT2D eigenvalue weighted by molar-refractivity contribution is -0.112. The molecule has 0 saturated carbocycles. The minimum atomic E-state index is -1.63. The van der Waals surface area contributed by atoms with Crippen LogP contribution >= 0.6 is 15.9 Å². The second-order valence-corrected chi connectivity index (χ2v) is 3.34. The molecule has 0 saturated heterocycles. The van der Waals surface area contributed by atoms with Gasteiger partial charge in [0.1, 0.15) is 5.75 Å². The van der Waals surface area contributed by atoms with Crippen molar-refractivity contribution in [3.63, 3.8) is 0 Å². The SMILES string of the molecule is COc1ccc(Br)cc1C(F)C=O. The van der Waals surface area contributed by atoms with Crippen LogP contribution in [0, 0.1) is 0 Å². The monoisotopic (exact) mass is 246 g/mol. The van der Waals surface area contributed by atoms with Crippen LogP contribution in [0.2, 0.25) is 0 Å². The molecule has 1 aromatic carbocycles. The molecule has 1 aromatic rings. The Morgan fingerprint density at radius 2 is 2.31 bits per heavy atom. The molecular weight excluding hydrogens is 239 g/mol. The minimum Gasteiger partial charge on any atom is -0.496 e. The van der Waals surface area contributed by atoms with Crippen molar-refractivity contribution in [3.05, 3.63) is 28.2 Å². The molecule has 0 bridgehead atoms. The quantitative estimate of drug-likeness (QED) is 0.767. The molecule has 2 nitrogen and oxygen atoms in total. The molecular formula is C9H8BrFO2. The minimum absolute atomic E-state index is 0.240. The van der Waals surface area contributed by atoms with Crippen molar-refractivity contribution in [1.82, 2.24) is 0 Å². The second kappa shape index (κ2) is 4.37. The summed E-state index contributed by atoms with van der Waals surface area (Å²) in [6.45, 7) is 0. The molecule has 0 amide bonds. The van der Waals surface area contributed by atoms with Crippen molar-refractivity contribution in [2.75, 3.05) is 7.11 Å². The van der Waals surface area contributed by atoms with E-state index in [0.717, 1.165) is 0 Å². The number of alkyl halides is 1. The van der Waals surface area contributed by atoms with Gasteiger partial charge in [-0.3, -0.25) is 4.79 Å². The summed E-state index contributed by atoms with van der Waals surface area (Å²) in [6.07, 6.45) is -1.39. The van der Waals surface area contributed by atoms with E-state index < -0.39 is 6.17 Å². The number of ether oxygens (including phenoxy) is 1. The topological polar surface area (TPSA) is 26.3 Å². The highest BCUT2D eigenvalue weighted by atomic mass is 79.9. The molecule has 0 spiro atoms. The molecule has 70 valence electrons. The zero-order valence-corrected chi connectivity index (χ0v) is 8.55. The lowest BCUT2D eigenvalue weighted by atomic mass is 10.1. The maximum atomic E-state index is 13.0. The molecule has 0 fully saturated rings. The van der Waals surface area contributed by atoms with Gasteiger partial charge < -0.3 is 4.74 Å². The number of aldehydes is 1. The molecule has 0 aliphatic heterocycles. The van der Waals surface area contributed by atoms with E-state index in [0.29, 0.717) is 10.2 Å². The van der Waals surface area contributed by atoms with Gasteiger partial charge in [0, 0.05) is 10.0 Å². The van der Waals surface area contributed by atoms with E-state index in [4.69, 9.17) is 4.74 Å².